The lowest BCUT2D eigenvalue weighted by molar-refractivity contribution is -0.129. The minimum absolute atomic E-state index is 0.149. The molecule has 0 aliphatic rings. The van der Waals surface area contributed by atoms with Crippen molar-refractivity contribution in [2.24, 2.45) is 23.4 Å². The lowest BCUT2D eigenvalue weighted by atomic mass is 10.2. The zero-order chi connectivity index (χ0) is 19.4. The van der Waals surface area contributed by atoms with Gasteiger partial charge in [0.25, 0.3) is 0 Å². The SMILES string of the molecule is CC(CN(CC(=O)NN)CC(=O)NN)N(CC(=O)NN)CC(=O)NN. The normalized spacial score (nSPS) is 11.8. The van der Waals surface area contributed by atoms with Crippen molar-refractivity contribution in [2.75, 3.05) is 32.7 Å². The van der Waals surface area contributed by atoms with Crippen molar-refractivity contribution in [3.8, 4) is 0 Å². The maximum absolute atomic E-state index is 11.5. The van der Waals surface area contributed by atoms with Crippen molar-refractivity contribution in [3.05, 3.63) is 0 Å². The first-order valence-corrected chi connectivity index (χ1v) is 7.21. The summed E-state index contributed by atoms with van der Waals surface area (Å²) in [4.78, 5) is 48.9. The summed E-state index contributed by atoms with van der Waals surface area (Å²) in [5.41, 5.74) is 7.83. The highest BCUT2D eigenvalue weighted by Crippen LogP contribution is 2.03. The van der Waals surface area contributed by atoms with Gasteiger partial charge in [-0.05, 0) is 6.92 Å². The molecule has 0 radical (unpaired) electrons. The number of hydrogen-bond acceptors (Lipinski definition) is 10. The number of carbonyl (C=O) groups excluding carboxylic acids is 4. The molecule has 0 rings (SSSR count). The third-order valence-electron chi connectivity index (χ3n) is 3.22. The van der Waals surface area contributed by atoms with Crippen LogP contribution in [0.3, 0.4) is 0 Å². The molecule has 0 aromatic rings. The van der Waals surface area contributed by atoms with E-state index in [1.807, 2.05) is 21.7 Å². The van der Waals surface area contributed by atoms with Gasteiger partial charge in [0.2, 0.25) is 23.6 Å². The first-order valence-electron chi connectivity index (χ1n) is 7.21. The molecule has 0 aromatic heterocycles. The van der Waals surface area contributed by atoms with Crippen molar-refractivity contribution in [1.29, 1.82) is 0 Å². The zero-order valence-electron chi connectivity index (χ0n) is 13.9. The third kappa shape index (κ3) is 9.50. The van der Waals surface area contributed by atoms with Crippen molar-refractivity contribution >= 4 is 23.6 Å². The third-order valence-corrected chi connectivity index (χ3v) is 3.22. The molecular formula is C11H26N10O4. The van der Waals surface area contributed by atoms with Crippen LogP contribution in [-0.4, -0.2) is 72.2 Å². The van der Waals surface area contributed by atoms with Gasteiger partial charge in [-0.3, -0.25) is 50.7 Å². The molecule has 1 unspecified atom stereocenters. The summed E-state index contributed by atoms with van der Waals surface area (Å²) < 4.78 is 0. The van der Waals surface area contributed by atoms with Gasteiger partial charge in [-0.1, -0.05) is 0 Å². The summed E-state index contributed by atoms with van der Waals surface area (Å²) in [6.45, 7) is 1.09. The number of rotatable bonds is 11. The molecule has 0 fully saturated rings. The van der Waals surface area contributed by atoms with Gasteiger partial charge in [-0.15, -0.1) is 0 Å². The minimum atomic E-state index is -0.525. The van der Waals surface area contributed by atoms with Gasteiger partial charge in [0, 0.05) is 12.6 Å². The number of hydrazine groups is 4. The molecular weight excluding hydrogens is 336 g/mol. The van der Waals surface area contributed by atoms with Crippen LogP contribution in [0.25, 0.3) is 0 Å². The molecule has 1 atom stereocenters. The zero-order valence-corrected chi connectivity index (χ0v) is 13.9. The van der Waals surface area contributed by atoms with Crippen LogP contribution in [0.4, 0.5) is 0 Å². The van der Waals surface area contributed by atoms with Crippen LogP contribution in [0.2, 0.25) is 0 Å². The van der Waals surface area contributed by atoms with Gasteiger partial charge in [0.15, 0.2) is 0 Å². The predicted octanol–water partition coefficient (Wildman–Crippen LogP) is -6.06. The molecule has 0 saturated carbocycles. The largest absolute Gasteiger partial charge is 0.293 e. The minimum Gasteiger partial charge on any atom is -0.293 e. The summed E-state index contributed by atoms with van der Waals surface area (Å²) in [5.74, 6) is 18.1. The van der Waals surface area contributed by atoms with Gasteiger partial charge < -0.3 is 0 Å². The Bertz CT molecular complexity index is 438. The van der Waals surface area contributed by atoms with E-state index in [0.717, 1.165) is 0 Å². The number of hydrogen-bond donors (Lipinski definition) is 8. The molecule has 12 N–H and O–H groups in total. The molecule has 0 aliphatic carbocycles. The van der Waals surface area contributed by atoms with Gasteiger partial charge >= 0.3 is 0 Å². The van der Waals surface area contributed by atoms with E-state index in [2.05, 4.69) is 0 Å². The molecule has 0 heterocycles. The summed E-state index contributed by atoms with van der Waals surface area (Å²) in [5, 5.41) is 0. The maximum atomic E-state index is 11.5. The topological polar surface area (TPSA) is 227 Å². The Balaban J connectivity index is 5.07. The van der Waals surface area contributed by atoms with E-state index in [0.29, 0.717) is 0 Å². The van der Waals surface area contributed by atoms with E-state index in [1.165, 1.54) is 9.80 Å². The standard InChI is InChI=1S/C11H26N10O4/c1-7(21(5-10(24)18-14)6-11(25)19-15)2-20(3-8(22)16-12)4-9(23)17-13/h7H,2-6,12-15H2,1H3,(H,16,22)(H,17,23)(H,18,24)(H,19,25). The lowest BCUT2D eigenvalue weighted by Crippen LogP contribution is -2.54. The molecule has 14 nitrogen and oxygen atoms in total. The first kappa shape index (κ1) is 22.6. The molecule has 144 valence electrons. The Hall–Kier alpha value is -2.36. The van der Waals surface area contributed by atoms with E-state index in [4.69, 9.17) is 23.4 Å². The molecule has 0 aliphatic heterocycles. The van der Waals surface area contributed by atoms with E-state index in [1.54, 1.807) is 6.92 Å². The van der Waals surface area contributed by atoms with Crippen molar-refractivity contribution in [3.63, 3.8) is 0 Å². The maximum Gasteiger partial charge on any atom is 0.248 e. The van der Waals surface area contributed by atoms with Crippen molar-refractivity contribution in [2.45, 2.75) is 13.0 Å². The number of carbonyl (C=O) groups is 4. The van der Waals surface area contributed by atoms with E-state index in [-0.39, 0.29) is 32.7 Å². The van der Waals surface area contributed by atoms with Crippen molar-refractivity contribution < 1.29 is 19.2 Å². The second-order valence-electron chi connectivity index (χ2n) is 5.19. The van der Waals surface area contributed by atoms with Crippen LogP contribution in [0.5, 0.6) is 0 Å². The Kier molecular flexibility index (Phi) is 10.9. The highest BCUT2D eigenvalue weighted by Gasteiger charge is 2.23. The average molecular weight is 362 g/mol. The Morgan fingerprint density at radius 3 is 1.36 bits per heavy atom. The molecule has 25 heavy (non-hydrogen) atoms. The van der Waals surface area contributed by atoms with Gasteiger partial charge in [0.05, 0.1) is 26.2 Å². The quantitative estimate of drug-likeness (QED) is 0.0985. The van der Waals surface area contributed by atoms with Crippen LogP contribution in [0, 0.1) is 0 Å². The predicted molar refractivity (Wildman–Crippen MR) is 86.8 cm³/mol. The van der Waals surface area contributed by atoms with Crippen LogP contribution in [-0.2, 0) is 19.2 Å². The summed E-state index contributed by atoms with van der Waals surface area (Å²) in [6, 6.07) is -0.425. The number of nitrogens with two attached hydrogens (primary N) is 4. The second kappa shape index (κ2) is 12.1. The van der Waals surface area contributed by atoms with Crippen LogP contribution in [0.1, 0.15) is 6.92 Å². The fraction of sp³-hybridized carbons (Fsp3) is 0.636. The highest BCUT2D eigenvalue weighted by atomic mass is 16.2. The van der Waals surface area contributed by atoms with E-state index >= 15 is 0 Å². The Labute approximate surface area is 144 Å². The monoisotopic (exact) mass is 362 g/mol. The Morgan fingerprint density at radius 2 is 1.04 bits per heavy atom. The van der Waals surface area contributed by atoms with E-state index < -0.39 is 29.7 Å². The first-order chi connectivity index (χ1) is 11.8. The van der Waals surface area contributed by atoms with Gasteiger partial charge in [-0.25, -0.2) is 23.4 Å². The van der Waals surface area contributed by atoms with Gasteiger partial charge in [0.1, 0.15) is 0 Å². The molecule has 0 saturated heterocycles. The molecule has 4 amide bonds. The van der Waals surface area contributed by atoms with Gasteiger partial charge in [-0.2, -0.15) is 0 Å². The van der Waals surface area contributed by atoms with Crippen LogP contribution in [0.15, 0.2) is 0 Å². The van der Waals surface area contributed by atoms with Crippen LogP contribution >= 0.6 is 0 Å². The average Bonchev–Trinajstić information content (AvgIpc) is 2.59. The fourth-order valence-electron chi connectivity index (χ4n) is 2.00. The molecule has 14 heteroatoms. The van der Waals surface area contributed by atoms with E-state index in [9.17, 15) is 19.2 Å². The second-order valence-corrected chi connectivity index (χ2v) is 5.19. The number of amides is 4. The number of nitrogens with zero attached hydrogens (tertiary/aromatic N) is 2. The lowest BCUT2D eigenvalue weighted by Gasteiger charge is -2.31. The fourth-order valence-corrected chi connectivity index (χ4v) is 2.00. The summed E-state index contributed by atoms with van der Waals surface area (Å²) >= 11 is 0. The summed E-state index contributed by atoms with van der Waals surface area (Å²) in [6.07, 6.45) is 0. The Morgan fingerprint density at radius 1 is 0.720 bits per heavy atom. The molecule has 0 aromatic carbocycles. The number of nitrogens with one attached hydrogen (secondary N) is 4. The molecule has 0 bridgehead atoms. The highest BCUT2D eigenvalue weighted by molar-refractivity contribution is 5.81. The van der Waals surface area contributed by atoms with Crippen LogP contribution < -0.4 is 45.1 Å². The van der Waals surface area contributed by atoms with Crippen molar-refractivity contribution in [1.82, 2.24) is 31.5 Å². The smallest absolute Gasteiger partial charge is 0.248 e. The summed E-state index contributed by atoms with van der Waals surface area (Å²) in [7, 11) is 0. The molecule has 0 spiro atoms.